The molecular formula is C11H19NO3. The van der Waals surface area contributed by atoms with E-state index in [1.165, 1.54) is 0 Å². The summed E-state index contributed by atoms with van der Waals surface area (Å²) in [4.78, 5) is 23.6. The Hall–Kier alpha value is -1.06. The number of nitrogens with zero attached hydrogens (tertiary/aromatic N) is 1. The van der Waals surface area contributed by atoms with Gasteiger partial charge in [0.05, 0.1) is 0 Å². The number of hydrogen-bond donors (Lipinski definition) is 1. The number of piperidine rings is 1. The lowest BCUT2D eigenvalue weighted by Crippen LogP contribution is -2.48. The first-order valence-corrected chi connectivity index (χ1v) is 5.61. The highest BCUT2D eigenvalue weighted by molar-refractivity contribution is 5.92. The van der Waals surface area contributed by atoms with E-state index in [4.69, 9.17) is 5.11 Å². The van der Waals surface area contributed by atoms with Gasteiger partial charge in [0, 0.05) is 12.5 Å². The van der Waals surface area contributed by atoms with Gasteiger partial charge in [-0.05, 0) is 18.8 Å². The van der Waals surface area contributed by atoms with E-state index in [-0.39, 0.29) is 11.9 Å². The first-order valence-electron chi connectivity index (χ1n) is 5.61. The first-order chi connectivity index (χ1) is 7.06. The second kappa shape index (κ2) is 5.14. The average molecular weight is 213 g/mol. The van der Waals surface area contributed by atoms with Gasteiger partial charge in [-0.25, -0.2) is 9.69 Å². The molecule has 1 saturated heterocycles. The summed E-state index contributed by atoms with van der Waals surface area (Å²) in [5, 5.41) is 8.97. The Kier molecular flexibility index (Phi) is 4.12. The van der Waals surface area contributed by atoms with Crippen molar-refractivity contribution in [1.29, 1.82) is 0 Å². The highest BCUT2D eigenvalue weighted by Gasteiger charge is 2.35. The lowest BCUT2D eigenvalue weighted by atomic mass is 9.89. The fourth-order valence-corrected chi connectivity index (χ4v) is 2.20. The van der Waals surface area contributed by atoms with Crippen LogP contribution in [0.2, 0.25) is 0 Å². The van der Waals surface area contributed by atoms with E-state index in [0.29, 0.717) is 12.3 Å². The normalized spacial score (nSPS) is 26.8. The topological polar surface area (TPSA) is 57.6 Å². The van der Waals surface area contributed by atoms with Crippen LogP contribution in [0, 0.1) is 5.92 Å². The zero-order valence-electron chi connectivity index (χ0n) is 9.40. The molecule has 4 heteroatoms. The fourth-order valence-electron chi connectivity index (χ4n) is 2.20. The molecule has 2 amide bonds. The molecule has 4 nitrogen and oxygen atoms in total. The van der Waals surface area contributed by atoms with Crippen molar-refractivity contribution >= 4 is 12.0 Å². The Balaban J connectivity index is 2.68. The van der Waals surface area contributed by atoms with E-state index >= 15 is 0 Å². The van der Waals surface area contributed by atoms with Crippen LogP contribution in [0.25, 0.3) is 0 Å². The van der Waals surface area contributed by atoms with E-state index in [1.807, 2.05) is 6.92 Å². The van der Waals surface area contributed by atoms with Crippen molar-refractivity contribution in [3.05, 3.63) is 0 Å². The molecule has 0 aromatic rings. The van der Waals surface area contributed by atoms with Crippen LogP contribution in [0.4, 0.5) is 4.79 Å². The van der Waals surface area contributed by atoms with Gasteiger partial charge in [0.2, 0.25) is 5.91 Å². The summed E-state index contributed by atoms with van der Waals surface area (Å²) in [6.45, 7) is 4.08. The molecule has 1 aliphatic heterocycles. The SMILES string of the molecule is CCCCC1CC(C)CC(=O)N1C(=O)O. The molecule has 2 atom stereocenters. The summed E-state index contributed by atoms with van der Waals surface area (Å²) in [7, 11) is 0. The summed E-state index contributed by atoms with van der Waals surface area (Å²) in [6, 6.07) is -0.0984. The molecule has 0 saturated carbocycles. The lowest BCUT2D eigenvalue weighted by molar-refractivity contribution is -0.135. The van der Waals surface area contributed by atoms with Crippen molar-refractivity contribution in [1.82, 2.24) is 4.90 Å². The number of imide groups is 1. The van der Waals surface area contributed by atoms with E-state index < -0.39 is 6.09 Å². The monoisotopic (exact) mass is 213 g/mol. The van der Waals surface area contributed by atoms with Gasteiger partial charge < -0.3 is 5.11 Å². The van der Waals surface area contributed by atoms with Crippen LogP contribution in [-0.2, 0) is 4.79 Å². The maximum atomic E-state index is 11.6. The summed E-state index contributed by atoms with van der Waals surface area (Å²) in [5.74, 6) is 0.0808. The predicted octanol–water partition coefficient (Wildman–Crippen LogP) is 2.48. The van der Waals surface area contributed by atoms with Gasteiger partial charge in [-0.2, -0.15) is 0 Å². The molecule has 1 heterocycles. The van der Waals surface area contributed by atoms with Gasteiger partial charge in [0.15, 0.2) is 0 Å². The third-order valence-corrected chi connectivity index (χ3v) is 2.93. The van der Waals surface area contributed by atoms with Crippen molar-refractivity contribution in [2.45, 2.75) is 52.0 Å². The molecule has 0 bridgehead atoms. The minimum Gasteiger partial charge on any atom is -0.465 e. The highest BCUT2D eigenvalue weighted by atomic mass is 16.4. The molecular weight excluding hydrogens is 194 g/mol. The van der Waals surface area contributed by atoms with Crippen molar-refractivity contribution in [3.63, 3.8) is 0 Å². The largest absolute Gasteiger partial charge is 0.465 e. The zero-order chi connectivity index (χ0) is 11.4. The molecule has 1 N–H and O–H groups in total. The Bertz CT molecular complexity index is 252. The molecule has 1 aliphatic rings. The van der Waals surface area contributed by atoms with Crippen molar-refractivity contribution < 1.29 is 14.7 Å². The van der Waals surface area contributed by atoms with E-state index in [2.05, 4.69) is 6.92 Å². The summed E-state index contributed by atoms with van der Waals surface area (Å²) < 4.78 is 0. The van der Waals surface area contributed by atoms with E-state index in [0.717, 1.165) is 30.6 Å². The number of carboxylic acid groups (broad SMARTS) is 1. The van der Waals surface area contributed by atoms with Crippen molar-refractivity contribution in [3.8, 4) is 0 Å². The molecule has 1 fully saturated rings. The summed E-state index contributed by atoms with van der Waals surface area (Å²) >= 11 is 0. The molecule has 0 aromatic carbocycles. The number of carbonyl (C=O) groups is 2. The maximum Gasteiger partial charge on any atom is 0.414 e. The predicted molar refractivity (Wildman–Crippen MR) is 56.6 cm³/mol. The Morgan fingerprint density at radius 3 is 2.80 bits per heavy atom. The van der Waals surface area contributed by atoms with Gasteiger partial charge >= 0.3 is 6.09 Å². The molecule has 0 radical (unpaired) electrons. The third-order valence-electron chi connectivity index (χ3n) is 2.93. The number of rotatable bonds is 3. The molecule has 0 aromatic heterocycles. The first kappa shape index (κ1) is 12.0. The summed E-state index contributed by atoms with van der Waals surface area (Å²) in [5.41, 5.74) is 0. The number of amides is 2. The van der Waals surface area contributed by atoms with Crippen molar-refractivity contribution in [2.24, 2.45) is 5.92 Å². The second-order valence-corrected chi connectivity index (χ2v) is 4.39. The van der Waals surface area contributed by atoms with Gasteiger partial charge in [0.1, 0.15) is 0 Å². The summed E-state index contributed by atoms with van der Waals surface area (Å²) in [6.07, 6.45) is 2.92. The van der Waals surface area contributed by atoms with Gasteiger partial charge in [0.25, 0.3) is 0 Å². The van der Waals surface area contributed by atoms with Crippen LogP contribution in [0.15, 0.2) is 0 Å². The molecule has 2 unspecified atom stereocenters. The van der Waals surface area contributed by atoms with Crippen LogP contribution >= 0.6 is 0 Å². The Labute approximate surface area is 90.3 Å². The Morgan fingerprint density at radius 2 is 2.27 bits per heavy atom. The second-order valence-electron chi connectivity index (χ2n) is 4.39. The third kappa shape index (κ3) is 2.94. The minimum atomic E-state index is -1.09. The zero-order valence-corrected chi connectivity index (χ0v) is 9.40. The van der Waals surface area contributed by atoms with Crippen molar-refractivity contribution in [2.75, 3.05) is 0 Å². The quantitative estimate of drug-likeness (QED) is 0.783. The molecule has 86 valence electrons. The smallest absolute Gasteiger partial charge is 0.414 e. The van der Waals surface area contributed by atoms with Crippen LogP contribution in [0.1, 0.15) is 46.0 Å². The van der Waals surface area contributed by atoms with Crippen LogP contribution in [0.5, 0.6) is 0 Å². The lowest BCUT2D eigenvalue weighted by Gasteiger charge is -2.34. The number of unbranched alkanes of at least 4 members (excludes halogenated alkanes) is 1. The minimum absolute atomic E-state index is 0.0984. The fraction of sp³-hybridized carbons (Fsp3) is 0.818. The van der Waals surface area contributed by atoms with E-state index in [9.17, 15) is 9.59 Å². The average Bonchev–Trinajstić information content (AvgIpc) is 2.12. The molecule has 1 rings (SSSR count). The molecule has 0 aliphatic carbocycles. The number of likely N-dealkylation sites (tertiary alicyclic amines) is 1. The Morgan fingerprint density at radius 1 is 1.60 bits per heavy atom. The van der Waals surface area contributed by atoms with Gasteiger partial charge in [-0.15, -0.1) is 0 Å². The molecule has 15 heavy (non-hydrogen) atoms. The highest BCUT2D eigenvalue weighted by Crippen LogP contribution is 2.26. The van der Waals surface area contributed by atoms with E-state index in [1.54, 1.807) is 0 Å². The van der Waals surface area contributed by atoms with Crippen LogP contribution in [-0.4, -0.2) is 28.0 Å². The molecule has 0 spiro atoms. The maximum absolute atomic E-state index is 11.6. The standard InChI is InChI=1S/C11H19NO3/c1-3-4-5-9-6-8(2)7-10(13)12(9)11(14)15/h8-9H,3-7H2,1-2H3,(H,14,15). The van der Waals surface area contributed by atoms with Crippen LogP contribution in [0.3, 0.4) is 0 Å². The number of hydrogen-bond acceptors (Lipinski definition) is 2. The van der Waals surface area contributed by atoms with Gasteiger partial charge in [-0.3, -0.25) is 4.79 Å². The van der Waals surface area contributed by atoms with Gasteiger partial charge in [-0.1, -0.05) is 26.7 Å². The number of carbonyl (C=O) groups excluding carboxylic acids is 1. The van der Waals surface area contributed by atoms with Crippen LogP contribution < -0.4 is 0 Å².